The van der Waals surface area contributed by atoms with Gasteiger partial charge in [-0.15, -0.1) is 0 Å². The Bertz CT molecular complexity index is 1400. The van der Waals surface area contributed by atoms with Crippen LogP contribution in [0.2, 0.25) is 0 Å². The Morgan fingerprint density at radius 2 is 1.72 bits per heavy atom. The molecule has 0 aliphatic heterocycles. The topological polar surface area (TPSA) is 67.6 Å². The number of hydrogen-bond acceptors (Lipinski definition) is 4. The summed E-state index contributed by atoms with van der Waals surface area (Å²) < 4.78 is 23.3. The Morgan fingerprint density at radius 3 is 2.41 bits per heavy atom. The van der Waals surface area contributed by atoms with Crippen LogP contribution in [0.25, 0.3) is 11.4 Å². The van der Waals surface area contributed by atoms with Crippen molar-refractivity contribution in [1.82, 2.24) is 14.5 Å². The van der Waals surface area contributed by atoms with Crippen molar-refractivity contribution in [3.05, 3.63) is 107 Å². The zero-order valence-electron chi connectivity index (χ0n) is 22.9. The molecule has 1 N–H and O–H groups in total. The van der Waals surface area contributed by atoms with Crippen LogP contribution in [-0.2, 0) is 26.2 Å². The average Bonchev–Trinajstić information content (AvgIpc) is 3.22. The number of hydrogen-bond donors (Lipinski definition) is 1. The van der Waals surface area contributed by atoms with Gasteiger partial charge in [-0.2, -0.15) is 9.37 Å². The number of rotatable bonds is 13. The number of benzene rings is 3. The molecule has 0 aliphatic rings. The van der Waals surface area contributed by atoms with Gasteiger partial charge in [0.15, 0.2) is 0 Å². The second-order valence-corrected chi connectivity index (χ2v) is 9.72. The van der Waals surface area contributed by atoms with Crippen LogP contribution in [-0.4, -0.2) is 32.1 Å². The van der Waals surface area contributed by atoms with Crippen molar-refractivity contribution < 1.29 is 19.0 Å². The predicted octanol–water partition coefficient (Wildman–Crippen LogP) is 7.10. The molecule has 7 heteroatoms. The predicted molar refractivity (Wildman–Crippen MR) is 151 cm³/mol. The number of carbonyl (C=O) groups is 1. The van der Waals surface area contributed by atoms with E-state index in [4.69, 9.17) is 4.74 Å². The molecular weight excluding hydrogens is 493 g/mol. The zero-order valence-corrected chi connectivity index (χ0v) is 22.9. The summed E-state index contributed by atoms with van der Waals surface area (Å²) in [5, 5.41) is 9.29. The second-order valence-electron chi connectivity index (χ2n) is 9.72. The summed E-state index contributed by atoms with van der Waals surface area (Å²) in [5.74, 6) is 0.0235. The lowest BCUT2D eigenvalue weighted by atomic mass is 10.1. The number of unbranched alkanes of at least 4 members (excludes halogenated alkanes) is 1. The molecule has 0 radical (unpaired) electrons. The van der Waals surface area contributed by atoms with E-state index in [2.05, 4.69) is 16.8 Å². The fourth-order valence-corrected chi connectivity index (χ4v) is 4.74. The van der Waals surface area contributed by atoms with Gasteiger partial charge in [0.1, 0.15) is 11.6 Å². The lowest BCUT2D eigenvalue weighted by molar-refractivity contribution is 0.0697. The van der Waals surface area contributed by atoms with E-state index in [0.29, 0.717) is 44.3 Å². The van der Waals surface area contributed by atoms with E-state index in [9.17, 15) is 9.90 Å². The number of aromatic carboxylic acids is 1. The number of ether oxygens (including phenoxy) is 1. The standard InChI is InChI=1S/C32H36FN3O3/c1-4-6-18-36-29(30(33)34-31(36)28-13-8-7-10-23(28)3)22-35(20-24-14-16-26(17-15-24)32(37)38)21-25-11-9-12-27(19-25)39-5-2/h7-17,19H,4-6,18,20-22H2,1-3H3,(H,37,38). The molecule has 0 aliphatic carbocycles. The van der Waals surface area contributed by atoms with Gasteiger partial charge >= 0.3 is 5.97 Å². The minimum absolute atomic E-state index is 0.237. The first-order valence-corrected chi connectivity index (χ1v) is 13.5. The van der Waals surface area contributed by atoms with E-state index in [1.54, 1.807) is 12.1 Å². The van der Waals surface area contributed by atoms with Gasteiger partial charge in [0.05, 0.1) is 17.9 Å². The molecule has 0 amide bonds. The number of halogens is 1. The van der Waals surface area contributed by atoms with Crippen molar-refractivity contribution in [1.29, 1.82) is 0 Å². The Hall–Kier alpha value is -3.97. The summed E-state index contributed by atoms with van der Waals surface area (Å²) in [7, 11) is 0. The van der Waals surface area contributed by atoms with Crippen LogP contribution in [0.5, 0.6) is 5.75 Å². The molecule has 1 heterocycles. The molecule has 0 fully saturated rings. The van der Waals surface area contributed by atoms with Gasteiger partial charge in [0.25, 0.3) is 0 Å². The highest BCUT2D eigenvalue weighted by molar-refractivity contribution is 5.87. The summed E-state index contributed by atoms with van der Waals surface area (Å²) in [6, 6.07) is 22.7. The maximum Gasteiger partial charge on any atom is 0.335 e. The molecule has 204 valence electrons. The number of nitrogens with zero attached hydrogens (tertiary/aromatic N) is 3. The summed E-state index contributed by atoms with van der Waals surface area (Å²) in [4.78, 5) is 17.9. The average molecular weight is 530 g/mol. The van der Waals surface area contributed by atoms with E-state index < -0.39 is 11.9 Å². The molecule has 0 bridgehead atoms. The van der Waals surface area contributed by atoms with Crippen molar-refractivity contribution in [3.8, 4) is 17.1 Å². The highest BCUT2D eigenvalue weighted by Crippen LogP contribution is 2.27. The van der Waals surface area contributed by atoms with E-state index >= 15 is 4.39 Å². The summed E-state index contributed by atoms with van der Waals surface area (Å²) in [5.41, 5.74) is 4.75. The van der Waals surface area contributed by atoms with Crippen molar-refractivity contribution in [2.75, 3.05) is 6.61 Å². The van der Waals surface area contributed by atoms with Crippen LogP contribution >= 0.6 is 0 Å². The van der Waals surface area contributed by atoms with Crippen molar-refractivity contribution in [2.24, 2.45) is 0 Å². The largest absolute Gasteiger partial charge is 0.494 e. The molecule has 4 rings (SSSR count). The van der Waals surface area contributed by atoms with Crippen LogP contribution in [0.15, 0.2) is 72.8 Å². The third-order valence-electron chi connectivity index (χ3n) is 6.74. The fraction of sp³-hybridized carbons (Fsp3) is 0.312. The second kappa shape index (κ2) is 13.2. The highest BCUT2D eigenvalue weighted by Gasteiger charge is 2.22. The minimum atomic E-state index is -0.961. The normalized spacial score (nSPS) is 11.2. The number of aromatic nitrogens is 2. The third kappa shape index (κ3) is 7.12. The van der Waals surface area contributed by atoms with Crippen molar-refractivity contribution in [3.63, 3.8) is 0 Å². The smallest absolute Gasteiger partial charge is 0.335 e. The molecule has 0 unspecified atom stereocenters. The summed E-state index contributed by atoms with van der Waals surface area (Å²) in [6.07, 6.45) is 1.89. The third-order valence-corrected chi connectivity index (χ3v) is 6.74. The molecule has 6 nitrogen and oxygen atoms in total. The molecule has 4 aromatic rings. The van der Waals surface area contributed by atoms with Crippen LogP contribution in [0, 0.1) is 12.9 Å². The van der Waals surface area contributed by atoms with Gasteiger partial charge in [-0.3, -0.25) is 4.90 Å². The number of carboxylic acids is 1. The van der Waals surface area contributed by atoms with Crippen LogP contribution < -0.4 is 4.74 Å². The van der Waals surface area contributed by atoms with Gasteiger partial charge in [-0.1, -0.05) is 61.9 Å². The Morgan fingerprint density at radius 1 is 0.974 bits per heavy atom. The lowest BCUT2D eigenvalue weighted by Crippen LogP contribution is -2.25. The molecule has 1 aromatic heterocycles. The first kappa shape index (κ1) is 28.0. The maximum absolute atomic E-state index is 15.6. The van der Waals surface area contributed by atoms with Crippen molar-refractivity contribution in [2.45, 2.75) is 59.8 Å². The molecule has 39 heavy (non-hydrogen) atoms. The molecule has 0 saturated heterocycles. The van der Waals surface area contributed by atoms with Gasteiger partial charge in [-0.25, -0.2) is 4.79 Å². The summed E-state index contributed by atoms with van der Waals surface area (Å²) in [6.45, 7) is 8.75. The van der Waals surface area contributed by atoms with Crippen LogP contribution in [0.1, 0.15) is 59.4 Å². The van der Waals surface area contributed by atoms with Gasteiger partial charge in [-0.05, 0) is 61.2 Å². The Labute approximate surface area is 229 Å². The van der Waals surface area contributed by atoms with Gasteiger partial charge in [0, 0.05) is 31.7 Å². The number of aryl methyl sites for hydroxylation is 1. The molecule has 0 saturated carbocycles. The lowest BCUT2D eigenvalue weighted by Gasteiger charge is -2.24. The minimum Gasteiger partial charge on any atom is -0.494 e. The number of carboxylic acid groups (broad SMARTS) is 1. The molecule has 0 atom stereocenters. The molecule has 3 aromatic carbocycles. The Balaban J connectivity index is 1.71. The first-order chi connectivity index (χ1) is 18.9. The van der Waals surface area contributed by atoms with Gasteiger partial charge in [0.2, 0.25) is 5.95 Å². The van der Waals surface area contributed by atoms with E-state index in [-0.39, 0.29) is 5.56 Å². The van der Waals surface area contributed by atoms with Crippen LogP contribution in [0.3, 0.4) is 0 Å². The van der Waals surface area contributed by atoms with Gasteiger partial charge < -0.3 is 14.4 Å². The summed E-state index contributed by atoms with van der Waals surface area (Å²) >= 11 is 0. The quantitative estimate of drug-likeness (QED) is 0.200. The molecular formula is C32H36FN3O3. The molecule has 0 spiro atoms. The van der Waals surface area contributed by atoms with Crippen molar-refractivity contribution >= 4 is 5.97 Å². The Kier molecular flexibility index (Phi) is 9.49. The van der Waals surface area contributed by atoms with E-state index in [0.717, 1.165) is 40.8 Å². The van der Waals surface area contributed by atoms with E-state index in [1.807, 2.05) is 79.1 Å². The van der Waals surface area contributed by atoms with E-state index in [1.165, 1.54) is 0 Å². The fourth-order valence-electron chi connectivity index (χ4n) is 4.74. The SMILES string of the molecule is CCCCn1c(-c2ccccc2C)nc(F)c1CN(Cc1ccc(C(=O)O)cc1)Cc1cccc(OCC)c1. The number of imidazole rings is 1. The monoisotopic (exact) mass is 529 g/mol. The first-order valence-electron chi connectivity index (χ1n) is 13.5. The maximum atomic E-state index is 15.6. The van der Waals surface area contributed by atoms with Crippen LogP contribution in [0.4, 0.5) is 4.39 Å². The highest BCUT2D eigenvalue weighted by atomic mass is 19.1. The zero-order chi connectivity index (χ0) is 27.8.